The van der Waals surface area contributed by atoms with Crippen molar-refractivity contribution >= 4 is 11.9 Å². The first-order chi connectivity index (χ1) is 9.99. The second-order valence-electron chi connectivity index (χ2n) is 4.50. The third-order valence-corrected chi connectivity index (χ3v) is 2.95. The molecule has 0 spiro atoms. The van der Waals surface area contributed by atoms with Gasteiger partial charge in [-0.15, -0.1) is 0 Å². The minimum Gasteiger partial charge on any atom is -0.469 e. The zero-order valence-electron chi connectivity index (χ0n) is 12.5. The molecule has 0 aromatic carbocycles. The van der Waals surface area contributed by atoms with E-state index in [1.54, 1.807) is 13.0 Å². The lowest BCUT2D eigenvalue weighted by Crippen LogP contribution is -2.38. The molecule has 1 aromatic rings. The molecule has 0 aliphatic carbocycles. The van der Waals surface area contributed by atoms with Crippen LogP contribution in [0.5, 0.6) is 0 Å². The number of carbonyl (C=O) groups is 2. The SMILES string of the molecule is COCCN(CCC(=O)OC)C(=O)c1ccc(C)[nH]c1=O. The van der Waals surface area contributed by atoms with Gasteiger partial charge in [0.25, 0.3) is 11.5 Å². The highest BCUT2D eigenvalue weighted by molar-refractivity contribution is 5.94. The lowest BCUT2D eigenvalue weighted by molar-refractivity contribution is -0.140. The first kappa shape index (κ1) is 16.9. The first-order valence-electron chi connectivity index (χ1n) is 6.54. The number of aromatic nitrogens is 1. The fourth-order valence-corrected chi connectivity index (χ4v) is 1.76. The van der Waals surface area contributed by atoms with Crippen LogP contribution in [0.4, 0.5) is 0 Å². The van der Waals surface area contributed by atoms with Crippen LogP contribution in [0.3, 0.4) is 0 Å². The van der Waals surface area contributed by atoms with Gasteiger partial charge in [0.1, 0.15) is 5.56 Å². The Balaban J connectivity index is 2.87. The minimum absolute atomic E-state index is 0.0431. The van der Waals surface area contributed by atoms with E-state index in [1.807, 2.05) is 0 Å². The Labute approximate surface area is 122 Å². The van der Waals surface area contributed by atoms with Crippen LogP contribution in [0, 0.1) is 6.92 Å². The van der Waals surface area contributed by atoms with Gasteiger partial charge in [0.05, 0.1) is 20.1 Å². The largest absolute Gasteiger partial charge is 0.469 e. The maximum Gasteiger partial charge on any atom is 0.307 e. The highest BCUT2D eigenvalue weighted by atomic mass is 16.5. The normalized spacial score (nSPS) is 10.2. The van der Waals surface area contributed by atoms with Crippen molar-refractivity contribution < 1.29 is 19.1 Å². The fraction of sp³-hybridized carbons (Fsp3) is 0.500. The second-order valence-corrected chi connectivity index (χ2v) is 4.50. The molecule has 0 aliphatic heterocycles. The molecule has 0 atom stereocenters. The molecule has 7 nitrogen and oxygen atoms in total. The zero-order valence-corrected chi connectivity index (χ0v) is 12.5. The smallest absolute Gasteiger partial charge is 0.307 e. The van der Waals surface area contributed by atoms with Crippen molar-refractivity contribution in [1.82, 2.24) is 9.88 Å². The number of ether oxygens (including phenoxy) is 2. The number of aryl methyl sites for hydroxylation is 1. The number of hydrogen-bond acceptors (Lipinski definition) is 5. The van der Waals surface area contributed by atoms with Crippen LogP contribution in [0.15, 0.2) is 16.9 Å². The molecule has 0 saturated carbocycles. The van der Waals surface area contributed by atoms with E-state index in [0.29, 0.717) is 18.8 Å². The van der Waals surface area contributed by atoms with Crippen molar-refractivity contribution in [2.45, 2.75) is 13.3 Å². The molecule has 1 heterocycles. The van der Waals surface area contributed by atoms with Crippen molar-refractivity contribution in [3.63, 3.8) is 0 Å². The predicted molar refractivity (Wildman–Crippen MR) is 76.2 cm³/mol. The maximum atomic E-state index is 12.4. The van der Waals surface area contributed by atoms with Gasteiger partial charge in [-0.25, -0.2) is 0 Å². The average molecular weight is 296 g/mol. The summed E-state index contributed by atoms with van der Waals surface area (Å²) in [5, 5.41) is 0. The fourth-order valence-electron chi connectivity index (χ4n) is 1.76. The number of amides is 1. The number of methoxy groups -OCH3 is 2. The number of pyridine rings is 1. The van der Waals surface area contributed by atoms with E-state index < -0.39 is 17.4 Å². The van der Waals surface area contributed by atoms with Crippen LogP contribution in [0.25, 0.3) is 0 Å². The van der Waals surface area contributed by atoms with E-state index in [4.69, 9.17) is 4.74 Å². The highest BCUT2D eigenvalue weighted by Gasteiger charge is 2.19. The summed E-state index contributed by atoms with van der Waals surface area (Å²) >= 11 is 0. The van der Waals surface area contributed by atoms with Crippen LogP contribution in [-0.2, 0) is 14.3 Å². The molecule has 116 valence electrons. The molecule has 0 unspecified atom stereocenters. The van der Waals surface area contributed by atoms with Crippen LogP contribution in [0.2, 0.25) is 0 Å². The third kappa shape index (κ3) is 5.03. The van der Waals surface area contributed by atoms with Gasteiger partial charge in [-0.05, 0) is 19.1 Å². The van der Waals surface area contributed by atoms with Crippen molar-refractivity contribution in [2.24, 2.45) is 0 Å². The Bertz CT molecular complexity index is 553. The Morgan fingerprint density at radius 1 is 1.24 bits per heavy atom. The summed E-state index contributed by atoms with van der Waals surface area (Å²) in [4.78, 5) is 39.4. The van der Waals surface area contributed by atoms with Crippen LogP contribution in [-0.4, -0.2) is 55.7 Å². The maximum absolute atomic E-state index is 12.4. The topological polar surface area (TPSA) is 88.7 Å². The van der Waals surface area contributed by atoms with Crippen LogP contribution in [0.1, 0.15) is 22.5 Å². The number of carbonyl (C=O) groups excluding carboxylic acids is 2. The summed E-state index contributed by atoms with van der Waals surface area (Å²) in [5.41, 5.74) is 0.275. The molecule has 0 saturated heterocycles. The van der Waals surface area contributed by atoms with E-state index in [-0.39, 0.29) is 18.5 Å². The molecule has 7 heteroatoms. The lowest BCUT2D eigenvalue weighted by atomic mass is 10.2. The quantitative estimate of drug-likeness (QED) is 0.733. The summed E-state index contributed by atoms with van der Waals surface area (Å²) in [6, 6.07) is 3.14. The Morgan fingerprint density at radius 3 is 2.52 bits per heavy atom. The van der Waals surface area contributed by atoms with Crippen molar-refractivity contribution in [3.05, 3.63) is 33.7 Å². The van der Waals surface area contributed by atoms with Gasteiger partial charge in [-0.1, -0.05) is 0 Å². The first-order valence-corrected chi connectivity index (χ1v) is 6.54. The third-order valence-electron chi connectivity index (χ3n) is 2.95. The van der Waals surface area contributed by atoms with Gasteiger partial charge in [-0.3, -0.25) is 14.4 Å². The van der Waals surface area contributed by atoms with Crippen molar-refractivity contribution in [1.29, 1.82) is 0 Å². The van der Waals surface area contributed by atoms with Crippen LogP contribution >= 0.6 is 0 Å². The Hall–Kier alpha value is -2.15. The Kier molecular flexibility index (Phi) is 6.61. The summed E-state index contributed by atoms with van der Waals surface area (Å²) in [5.74, 6) is -0.847. The predicted octanol–water partition coefficient (Wildman–Crippen LogP) is 0.335. The molecule has 0 radical (unpaired) electrons. The Morgan fingerprint density at radius 2 is 1.95 bits per heavy atom. The number of aromatic amines is 1. The number of H-pyrrole nitrogens is 1. The molecular formula is C14H20N2O5. The van der Waals surface area contributed by atoms with Crippen molar-refractivity contribution in [3.8, 4) is 0 Å². The van der Waals surface area contributed by atoms with Gasteiger partial charge in [-0.2, -0.15) is 0 Å². The standard InChI is InChI=1S/C14H20N2O5/c1-10-4-5-11(13(18)15-10)14(19)16(8-9-20-2)7-6-12(17)21-3/h4-5H,6-9H2,1-3H3,(H,15,18). The second kappa shape index (κ2) is 8.21. The van der Waals surface area contributed by atoms with Gasteiger partial charge >= 0.3 is 5.97 Å². The monoisotopic (exact) mass is 296 g/mol. The summed E-state index contributed by atoms with van der Waals surface area (Å²) in [7, 11) is 2.80. The van der Waals surface area contributed by atoms with E-state index in [9.17, 15) is 14.4 Å². The molecule has 1 aromatic heterocycles. The number of hydrogen-bond donors (Lipinski definition) is 1. The summed E-state index contributed by atoms with van der Waals surface area (Å²) < 4.78 is 9.50. The lowest BCUT2D eigenvalue weighted by Gasteiger charge is -2.21. The van der Waals surface area contributed by atoms with E-state index >= 15 is 0 Å². The number of esters is 1. The summed E-state index contributed by atoms with van der Waals surface area (Å²) in [6.07, 6.45) is 0.0652. The molecule has 0 aliphatic rings. The molecule has 0 fully saturated rings. The van der Waals surface area contributed by atoms with Gasteiger partial charge in [0.2, 0.25) is 0 Å². The molecular weight excluding hydrogens is 276 g/mol. The van der Waals surface area contributed by atoms with E-state index in [1.165, 1.54) is 25.2 Å². The highest BCUT2D eigenvalue weighted by Crippen LogP contribution is 2.03. The van der Waals surface area contributed by atoms with Crippen LogP contribution < -0.4 is 5.56 Å². The van der Waals surface area contributed by atoms with Crippen molar-refractivity contribution in [2.75, 3.05) is 33.9 Å². The number of nitrogens with one attached hydrogen (secondary N) is 1. The molecule has 1 N–H and O–H groups in total. The molecule has 1 rings (SSSR count). The molecule has 1 amide bonds. The summed E-state index contributed by atoms with van der Waals surface area (Å²) in [6.45, 7) is 2.51. The van der Waals surface area contributed by atoms with Gasteiger partial charge in [0.15, 0.2) is 0 Å². The molecule has 0 bridgehead atoms. The minimum atomic E-state index is -0.444. The van der Waals surface area contributed by atoms with Gasteiger partial charge < -0.3 is 19.4 Å². The van der Waals surface area contributed by atoms with Gasteiger partial charge in [0, 0.05) is 25.9 Å². The van der Waals surface area contributed by atoms with E-state index in [0.717, 1.165) is 0 Å². The number of nitrogens with zero attached hydrogens (tertiary/aromatic N) is 1. The number of rotatable bonds is 7. The molecule has 21 heavy (non-hydrogen) atoms. The zero-order chi connectivity index (χ0) is 15.8. The van der Waals surface area contributed by atoms with E-state index in [2.05, 4.69) is 9.72 Å². The average Bonchev–Trinajstić information content (AvgIpc) is 2.46.